The van der Waals surface area contributed by atoms with Crippen LogP contribution in [0.5, 0.6) is 0 Å². The second-order valence-corrected chi connectivity index (χ2v) is 7.94. The zero-order chi connectivity index (χ0) is 19.0. The first-order valence-electron chi connectivity index (χ1n) is 9.89. The molecule has 27 heavy (non-hydrogen) atoms. The first-order chi connectivity index (χ1) is 13.0. The van der Waals surface area contributed by atoms with Gasteiger partial charge in [-0.1, -0.05) is 36.5 Å². The molecule has 3 aromatic rings. The summed E-state index contributed by atoms with van der Waals surface area (Å²) >= 11 is 0. The fourth-order valence-corrected chi connectivity index (χ4v) is 4.16. The van der Waals surface area contributed by atoms with Crippen LogP contribution < -0.4 is 5.32 Å². The Morgan fingerprint density at radius 3 is 2.41 bits per heavy atom. The highest BCUT2D eigenvalue weighted by Crippen LogP contribution is 2.32. The van der Waals surface area contributed by atoms with E-state index < -0.39 is 0 Å². The largest absolute Gasteiger partial charge is 0.310 e. The van der Waals surface area contributed by atoms with Gasteiger partial charge in [0.05, 0.1) is 0 Å². The molecule has 1 aliphatic rings. The number of hydrogen-bond donors (Lipinski definition) is 1. The van der Waals surface area contributed by atoms with Gasteiger partial charge in [-0.2, -0.15) is 0 Å². The van der Waals surface area contributed by atoms with Crippen molar-refractivity contribution in [3.05, 3.63) is 53.2 Å². The summed E-state index contributed by atoms with van der Waals surface area (Å²) in [5, 5.41) is 3.22. The van der Waals surface area contributed by atoms with E-state index in [1.165, 1.54) is 17.5 Å². The molecule has 1 aromatic carbocycles. The van der Waals surface area contributed by atoms with Crippen LogP contribution in [0.4, 0.5) is 5.82 Å². The van der Waals surface area contributed by atoms with Crippen molar-refractivity contribution in [3.8, 4) is 11.3 Å². The monoisotopic (exact) mass is 361 g/mol. The van der Waals surface area contributed by atoms with Gasteiger partial charge in [-0.25, -0.2) is 4.98 Å². The van der Waals surface area contributed by atoms with Gasteiger partial charge < -0.3 is 5.32 Å². The maximum atomic E-state index is 12.9. The van der Waals surface area contributed by atoms with Crippen LogP contribution in [0.1, 0.15) is 48.8 Å². The number of nitrogens with zero attached hydrogens (tertiary/aromatic N) is 2. The molecule has 4 nitrogen and oxygen atoms in total. The number of benzene rings is 1. The van der Waals surface area contributed by atoms with Gasteiger partial charge >= 0.3 is 0 Å². The number of nitrogens with one attached hydrogen (secondary N) is 1. The molecule has 1 amide bonds. The minimum absolute atomic E-state index is 0.113. The zero-order valence-electron chi connectivity index (χ0n) is 16.4. The SMILES string of the molecule is Cc1cc(C)cc(-c2nc3cc(C)ccn3c2NC(=O)C2CCCCC2)c1. The molecule has 0 atom stereocenters. The number of hydrogen-bond acceptors (Lipinski definition) is 2. The second kappa shape index (κ2) is 7.18. The Hall–Kier alpha value is -2.62. The Labute approximate surface area is 160 Å². The fraction of sp³-hybridized carbons (Fsp3) is 0.391. The van der Waals surface area contributed by atoms with Gasteiger partial charge in [0.25, 0.3) is 0 Å². The Balaban J connectivity index is 1.80. The summed E-state index contributed by atoms with van der Waals surface area (Å²) in [5.74, 6) is 1.02. The maximum absolute atomic E-state index is 12.9. The van der Waals surface area contributed by atoms with Crippen molar-refractivity contribution in [1.29, 1.82) is 0 Å². The minimum atomic E-state index is 0.113. The minimum Gasteiger partial charge on any atom is -0.310 e. The molecular formula is C23H27N3O. The van der Waals surface area contributed by atoms with Gasteiger partial charge in [0.15, 0.2) is 0 Å². The lowest BCUT2D eigenvalue weighted by Crippen LogP contribution is -2.25. The van der Waals surface area contributed by atoms with E-state index in [2.05, 4.69) is 56.4 Å². The molecule has 140 valence electrons. The molecule has 1 N–H and O–H groups in total. The van der Waals surface area contributed by atoms with Crippen LogP contribution in [0.25, 0.3) is 16.9 Å². The van der Waals surface area contributed by atoms with Crippen molar-refractivity contribution in [1.82, 2.24) is 9.38 Å². The molecule has 0 bridgehead atoms. The van der Waals surface area contributed by atoms with Crippen molar-refractivity contribution < 1.29 is 4.79 Å². The number of aromatic nitrogens is 2. The van der Waals surface area contributed by atoms with Crippen LogP contribution in [-0.4, -0.2) is 15.3 Å². The predicted octanol–water partition coefficient (Wildman–Crippen LogP) is 5.45. The first-order valence-corrected chi connectivity index (χ1v) is 9.89. The van der Waals surface area contributed by atoms with Gasteiger partial charge in [0.1, 0.15) is 17.2 Å². The van der Waals surface area contributed by atoms with E-state index in [9.17, 15) is 4.79 Å². The van der Waals surface area contributed by atoms with Gasteiger partial charge in [-0.3, -0.25) is 9.20 Å². The summed E-state index contributed by atoms with van der Waals surface area (Å²) in [6, 6.07) is 10.5. The molecule has 0 radical (unpaired) electrons. The van der Waals surface area contributed by atoms with E-state index in [1.807, 2.05) is 10.6 Å². The van der Waals surface area contributed by atoms with Crippen molar-refractivity contribution >= 4 is 17.4 Å². The molecular weight excluding hydrogens is 334 g/mol. The van der Waals surface area contributed by atoms with Crippen molar-refractivity contribution in [2.45, 2.75) is 52.9 Å². The number of aryl methyl sites for hydroxylation is 3. The summed E-state index contributed by atoms with van der Waals surface area (Å²) in [5.41, 5.74) is 6.31. The third kappa shape index (κ3) is 3.61. The van der Waals surface area contributed by atoms with E-state index >= 15 is 0 Å². The molecule has 0 saturated heterocycles. The van der Waals surface area contributed by atoms with E-state index in [0.29, 0.717) is 0 Å². The quantitative estimate of drug-likeness (QED) is 0.675. The summed E-state index contributed by atoms with van der Waals surface area (Å²) in [7, 11) is 0. The van der Waals surface area contributed by atoms with Gasteiger partial charge in [0, 0.05) is 17.7 Å². The first kappa shape index (κ1) is 17.8. The highest BCUT2D eigenvalue weighted by molar-refractivity contribution is 5.96. The third-order valence-electron chi connectivity index (χ3n) is 5.49. The zero-order valence-corrected chi connectivity index (χ0v) is 16.4. The average Bonchev–Trinajstić information content (AvgIpc) is 2.99. The number of anilines is 1. The van der Waals surface area contributed by atoms with Crippen LogP contribution in [0.15, 0.2) is 36.5 Å². The van der Waals surface area contributed by atoms with Crippen LogP contribution in [0.3, 0.4) is 0 Å². The summed E-state index contributed by atoms with van der Waals surface area (Å²) in [4.78, 5) is 17.8. The van der Waals surface area contributed by atoms with Gasteiger partial charge in [-0.15, -0.1) is 0 Å². The molecule has 0 spiro atoms. The molecule has 2 heterocycles. The van der Waals surface area contributed by atoms with E-state index in [-0.39, 0.29) is 11.8 Å². The average molecular weight is 361 g/mol. The number of fused-ring (bicyclic) bond motifs is 1. The molecule has 2 aromatic heterocycles. The molecule has 0 aliphatic heterocycles. The number of imidazole rings is 1. The number of rotatable bonds is 3. The molecule has 1 aliphatic carbocycles. The van der Waals surface area contributed by atoms with E-state index in [0.717, 1.165) is 54.0 Å². The topological polar surface area (TPSA) is 46.4 Å². The van der Waals surface area contributed by atoms with Crippen molar-refractivity contribution in [2.75, 3.05) is 5.32 Å². The van der Waals surface area contributed by atoms with Crippen LogP contribution in [-0.2, 0) is 4.79 Å². The summed E-state index contributed by atoms with van der Waals surface area (Å²) < 4.78 is 2.00. The highest BCUT2D eigenvalue weighted by atomic mass is 16.2. The molecule has 1 fully saturated rings. The Morgan fingerprint density at radius 2 is 1.70 bits per heavy atom. The number of carbonyl (C=O) groups is 1. The Bertz CT molecular complexity index is 976. The van der Waals surface area contributed by atoms with Crippen LogP contribution in [0.2, 0.25) is 0 Å². The van der Waals surface area contributed by atoms with Gasteiger partial charge in [0.2, 0.25) is 5.91 Å². The lowest BCUT2D eigenvalue weighted by molar-refractivity contribution is -0.120. The molecule has 0 unspecified atom stereocenters. The lowest BCUT2D eigenvalue weighted by Gasteiger charge is -2.21. The number of carbonyl (C=O) groups excluding carboxylic acids is 1. The maximum Gasteiger partial charge on any atom is 0.228 e. The predicted molar refractivity (Wildman–Crippen MR) is 110 cm³/mol. The van der Waals surface area contributed by atoms with Gasteiger partial charge in [-0.05, 0) is 63.4 Å². The van der Waals surface area contributed by atoms with E-state index in [1.54, 1.807) is 0 Å². The number of amides is 1. The standard InChI is InChI=1S/C23H27N3O/c1-15-9-10-26-20(14-15)24-21(19-12-16(2)11-17(3)13-19)22(26)25-23(27)18-7-5-4-6-8-18/h9-14,18H,4-8H2,1-3H3,(H,25,27). The van der Waals surface area contributed by atoms with E-state index in [4.69, 9.17) is 4.98 Å². The second-order valence-electron chi connectivity index (χ2n) is 7.94. The fourth-order valence-electron chi connectivity index (χ4n) is 4.16. The Kier molecular flexibility index (Phi) is 4.73. The smallest absolute Gasteiger partial charge is 0.228 e. The number of pyridine rings is 1. The molecule has 4 rings (SSSR count). The summed E-state index contributed by atoms with van der Waals surface area (Å²) in [6.45, 7) is 6.25. The van der Waals surface area contributed by atoms with Crippen LogP contribution in [0, 0.1) is 26.7 Å². The summed E-state index contributed by atoms with van der Waals surface area (Å²) in [6.07, 6.45) is 7.51. The molecule has 4 heteroatoms. The molecule has 1 saturated carbocycles. The van der Waals surface area contributed by atoms with Crippen LogP contribution >= 0.6 is 0 Å². The normalized spacial score (nSPS) is 15.2. The Morgan fingerprint density at radius 1 is 1.00 bits per heavy atom. The highest BCUT2D eigenvalue weighted by Gasteiger charge is 2.24. The lowest BCUT2D eigenvalue weighted by atomic mass is 9.88. The van der Waals surface area contributed by atoms with Crippen molar-refractivity contribution in [2.24, 2.45) is 5.92 Å². The van der Waals surface area contributed by atoms with Crippen molar-refractivity contribution in [3.63, 3.8) is 0 Å². The third-order valence-corrected chi connectivity index (χ3v) is 5.49.